The molecule has 8 nitrogen and oxygen atoms in total. The first-order valence-electron chi connectivity index (χ1n) is 12.7. The van der Waals surface area contributed by atoms with Gasteiger partial charge >= 0.3 is 0 Å². The third-order valence-corrected chi connectivity index (χ3v) is 7.41. The molecule has 0 spiro atoms. The van der Waals surface area contributed by atoms with Crippen LogP contribution >= 0.6 is 12.2 Å². The van der Waals surface area contributed by atoms with Crippen molar-refractivity contribution in [2.45, 2.75) is 43.9 Å². The summed E-state index contributed by atoms with van der Waals surface area (Å²) in [4.78, 5) is 17.3. The number of hydrogen-bond acceptors (Lipinski definition) is 6. The number of hydrogen-bond donors (Lipinski definition) is 1. The molecule has 0 radical (unpaired) electrons. The third-order valence-electron chi connectivity index (χ3n) is 7.10. The van der Waals surface area contributed by atoms with E-state index in [9.17, 15) is 10.1 Å². The number of thiocarbonyl (C=S) groups is 1. The van der Waals surface area contributed by atoms with Crippen LogP contribution in [-0.2, 0) is 0 Å². The molecule has 2 unspecified atom stereocenters. The smallest absolute Gasteiger partial charge is 0.269 e. The van der Waals surface area contributed by atoms with Gasteiger partial charge in [-0.2, -0.15) is 0 Å². The highest BCUT2D eigenvalue weighted by Gasteiger charge is 2.42. The lowest BCUT2D eigenvalue weighted by Crippen LogP contribution is -2.29. The number of nitro groups is 1. The summed E-state index contributed by atoms with van der Waals surface area (Å²) in [5, 5.41) is 15.1. The van der Waals surface area contributed by atoms with E-state index in [4.69, 9.17) is 21.4 Å². The fourth-order valence-corrected chi connectivity index (χ4v) is 5.57. The average molecular weight is 527 g/mol. The Hall–Kier alpha value is -4.24. The monoisotopic (exact) mass is 526 g/mol. The van der Waals surface area contributed by atoms with Gasteiger partial charge in [0.15, 0.2) is 5.11 Å². The molecule has 1 aliphatic carbocycles. The molecule has 2 aromatic heterocycles. The maximum absolute atomic E-state index is 11.0. The summed E-state index contributed by atoms with van der Waals surface area (Å²) in [6.45, 7) is 0. The minimum absolute atomic E-state index is 0.0348. The SMILES string of the molecule is O=[N+]([O-])c1ccc(-c2ccc(C3C(c4ccccn4)NC(=S)N3c3ccc(OC4CCCC4)cc3)o2)cc1. The van der Waals surface area contributed by atoms with Crippen molar-refractivity contribution in [1.29, 1.82) is 0 Å². The summed E-state index contributed by atoms with van der Waals surface area (Å²) >= 11 is 5.81. The third kappa shape index (κ3) is 4.72. The van der Waals surface area contributed by atoms with Gasteiger partial charge in [0.2, 0.25) is 0 Å². The van der Waals surface area contributed by atoms with Crippen molar-refractivity contribution in [1.82, 2.24) is 10.3 Å². The highest BCUT2D eigenvalue weighted by Crippen LogP contribution is 2.43. The van der Waals surface area contributed by atoms with Crippen LogP contribution in [0.3, 0.4) is 0 Å². The molecular weight excluding hydrogens is 500 g/mol. The van der Waals surface area contributed by atoms with E-state index in [-0.39, 0.29) is 23.9 Å². The van der Waals surface area contributed by atoms with Crippen LogP contribution in [0.25, 0.3) is 11.3 Å². The standard InChI is InChI=1S/C29H26N4O4S/c34-33(35)21-10-8-19(9-11-21)25-16-17-26(37-25)28-27(24-7-3-4-18-30-24)31-29(38)32(28)20-12-14-23(15-13-20)36-22-5-1-2-6-22/h3-4,7-18,22,27-28H,1-2,5-6H2,(H,31,38). The lowest BCUT2D eigenvalue weighted by Gasteiger charge is -2.26. The van der Waals surface area contributed by atoms with Gasteiger partial charge in [-0.15, -0.1) is 0 Å². The lowest BCUT2D eigenvalue weighted by molar-refractivity contribution is -0.384. The molecule has 38 heavy (non-hydrogen) atoms. The molecule has 2 fully saturated rings. The van der Waals surface area contributed by atoms with E-state index >= 15 is 0 Å². The maximum atomic E-state index is 11.0. The highest BCUT2D eigenvalue weighted by atomic mass is 32.1. The number of anilines is 1. The zero-order valence-electron chi connectivity index (χ0n) is 20.5. The molecule has 192 valence electrons. The fourth-order valence-electron chi connectivity index (χ4n) is 5.22. The molecule has 2 aromatic carbocycles. The lowest BCUT2D eigenvalue weighted by atomic mass is 10.0. The Labute approximate surface area is 225 Å². The number of aromatic nitrogens is 1. The number of non-ortho nitro benzene ring substituents is 1. The van der Waals surface area contributed by atoms with E-state index in [0.717, 1.165) is 35.5 Å². The van der Waals surface area contributed by atoms with Crippen LogP contribution in [0.4, 0.5) is 11.4 Å². The number of pyridine rings is 1. The maximum Gasteiger partial charge on any atom is 0.269 e. The Bertz CT molecular complexity index is 1430. The summed E-state index contributed by atoms with van der Waals surface area (Å²) in [6, 6.07) is 23.4. The zero-order chi connectivity index (χ0) is 26.1. The summed E-state index contributed by atoms with van der Waals surface area (Å²) in [5.41, 5.74) is 2.55. The second-order valence-corrected chi connectivity index (χ2v) is 9.91. The molecule has 6 rings (SSSR count). The molecule has 1 N–H and O–H groups in total. The molecule has 9 heteroatoms. The Balaban J connectivity index is 1.33. The van der Waals surface area contributed by atoms with E-state index in [1.54, 1.807) is 18.3 Å². The van der Waals surface area contributed by atoms with E-state index in [2.05, 4.69) is 10.3 Å². The van der Waals surface area contributed by atoms with Crippen LogP contribution in [0.15, 0.2) is 89.5 Å². The van der Waals surface area contributed by atoms with E-state index in [0.29, 0.717) is 16.6 Å². The van der Waals surface area contributed by atoms with Crippen LogP contribution in [0.1, 0.15) is 49.2 Å². The van der Waals surface area contributed by atoms with Crippen molar-refractivity contribution in [3.05, 3.63) is 107 Å². The molecule has 4 aromatic rings. The van der Waals surface area contributed by atoms with Crippen molar-refractivity contribution >= 4 is 28.7 Å². The molecule has 0 amide bonds. The van der Waals surface area contributed by atoms with E-state index < -0.39 is 4.92 Å². The molecule has 1 saturated carbocycles. The van der Waals surface area contributed by atoms with Crippen LogP contribution in [-0.4, -0.2) is 21.1 Å². The van der Waals surface area contributed by atoms with Gasteiger partial charge in [0.25, 0.3) is 5.69 Å². The summed E-state index contributed by atoms with van der Waals surface area (Å²) in [6.07, 6.45) is 6.70. The van der Waals surface area contributed by atoms with Gasteiger partial charge in [-0.05, 0) is 98.6 Å². The zero-order valence-corrected chi connectivity index (χ0v) is 21.3. The van der Waals surface area contributed by atoms with Gasteiger partial charge < -0.3 is 19.4 Å². The number of nitrogens with zero attached hydrogens (tertiary/aromatic N) is 3. The topological polar surface area (TPSA) is 93.7 Å². The molecule has 0 bridgehead atoms. The van der Waals surface area contributed by atoms with E-state index in [1.807, 2.05) is 59.5 Å². The van der Waals surface area contributed by atoms with Crippen LogP contribution in [0.5, 0.6) is 5.75 Å². The van der Waals surface area contributed by atoms with Gasteiger partial charge in [0.1, 0.15) is 23.3 Å². The average Bonchev–Trinajstić information content (AvgIpc) is 3.70. The number of nitrogens with one attached hydrogen (secondary N) is 1. The summed E-state index contributed by atoms with van der Waals surface area (Å²) in [5.74, 6) is 2.18. The van der Waals surface area contributed by atoms with Crippen molar-refractivity contribution in [3.63, 3.8) is 0 Å². The van der Waals surface area contributed by atoms with Crippen molar-refractivity contribution in [2.75, 3.05) is 4.90 Å². The predicted octanol–water partition coefficient (Wildman–Crippen LogP) is 6.75. The molecule has 1 saturated heterocycles. The van der Waals surface area contributed by atoms with E-state index in [1.165, 1.54) is 25.0 Å². The van der Waals surface area contributed by atoms with Crippen LogP contribution in [0, 0.1) is 10.1 Å². The summed E-state index contributed by atoms with van der Waals surface area (Å²) in [7, 11) is 0. The predicted molar refractivity (Wildman–Crippen MR) is 148 cm³/mol. The minimum Gasteiger partial charge on any atom is -0.490 e. The Morgan fingerprint density at radius 1 is 1.00 bits per heavy atom. The molecular formula is C29H26N4O4S. The molecule has 3 heterocycles. The second-order valence-electron chi connectivity index (χ2n) is 9.52. The van der Waals surface area contributed by atoms with Crippen LogP contribution < -0.4 is 15.0 Å². The van der Waals surface area contributed by atoms with Gasteiger partial charge in [-0.3, -0.25) is 15.1 Å². The number of benzene rings is 2. The largest absolute Gasteiger partial charge is 0.490 e. The normalized spacial score (nSPS) is 19.5. The highest BCUT2D eigenvalue weighted by molar-refractivity contribution is 7.80. The Morgan fingerprint density at radius 3 is 2.45 bits per heavy atom. The number of nitro benzene ring substituents is 1. The number of furan rings is 1. The van der Waals surface area contributed by atoms with Crippen molar-refractivity contribution in [2.24, 2.45) is 0 Å². The van der Waals surface area contributed by atoms with Gasteiger partial charge in [-0.25, -0.2) is 0 Å². The van der Waals surface area contributed by atoms with Gasteiger partial charge in [0, 0.05) is 29.6 Å². The number of rotatable bonds is 7. The first kappa shape index (κ1) is 24.1. The van der Waals surface area contributed by atoms with Crippen LogP contribution in [0.2, 0.25) is 0 Å². The molecule has 2 atom stereocenters. The number of ether oxygens (including phenoxy) is 1. The fraction of sp³-hybridized carbons (Fsp3) is 0.241. The minimum atomic E-state index is -0.415. The quantitative estimate of drug-likeness (QED) is 0.161. The first-order chi connectivity index (χ1) is 18.6. The Kier molecular flexibility index (Phi) is 6.51. The van der Waals surface area contributed by atoms with Crippen molar-refractivity contribution < 1.29 is 14.1 Å². The van der Waals surface area contributed by atoms with Crippen molar-refractivity contribution in [3.8, 4) is 17.1 Å². The molecule has 1 aliphatic heterocycles. The second kappa shape index (κ2) is 10.3. The summed E-state index contributed by atoms with van der Waals surface area (Å²) < 4.78 is 12.5. The Morgan fingerprint density at radius 2 is 1.76 bits per heavy atom. The van der Waals surface area contributed by atoms with Gasteiger partial charge in [0.05, 0.1) is 22.8 Å². The molecule has 2 aliphatic rings. The van der Waals surface area contributed by atoms with Gasteiger partial charge in [-0.1, -0.05) is 6.07 Å². The first-order valence-corrected chi connectivity index (χ1v) is 13.1.